The van der Waals surface area contributed by atoms with Gasteiger partial charge in [-0.2, -0.15) is 13.2 Å². The van der Waals surface area contributed by atoms with E-state index in [0.29, 0.717) is 28.1 Å². The van der Waals surface area contributed by atoms with Crippen molar-refractivity contribution in [1.82, 2.24) is 5.32 Å². The van der Waals surface area contributed by atoms with E-state index < -0.39 is 22.7 Å². The number of ether oxygens (including phenoxy) is 2. The van der Waals surface area contributed by atoms with Gasteiger partial charge in [-0.3, -0.25) is 9.59 Å². The average Bonchev–Trinajstić information content (AvgIpc) is 2.59. The molecule has 9 heteroatoms. The lowest BCUT2D eigenvalue weighted by Crippen LogP contribution is -2.42. The summed E-state index contributed by atoms with van der Waals surface area (Å²) < 4.78 is 49.6. The molecular weight excluding hydrogens is 387 g/mol. The average molecular weight is 400 g/mol. The molecule has 1 N–H and O–H groups in total. The Morgan fingerprint density at radius 3 is 2.00 bits per heavy atom. The van der Waals surface area contributed by atoms with Gasteiger partial charge in [0.05, 0.1) is 23.8 Å². The van der Waals surface area contributed by atoms with Crippen LogP contribution in [0.2, 0.25) is 5.02 Å². The summed E-state index contributed by atoms with van der Waals surface area (Å²) in [5, 5.41) is 2.54. The van der Waals surface area contributed by atoms with Crippen molar-refractivity contribution in [3.8, 4) is 0 Å². The number of benzene rings is 1. The van der Waals surface area contributed by atoms with Gasteiger partial charge in [0.25, 0.3) is 0 Å². The summed E-state index contributed by atoms with van der Waals surface area (Å²) in [5.41, 5.74) is 1.01. The van der Waals surface area contributed by atoms with E-state index in [4.69, 9.17) is 21.1 Å². The number of alkyl halides is 3. The van der Waals surface area contributed by atoms with Crippen molar-refractivity contribution in [2.24, 2.45) is 0 Å². The summed E-state index contributed by atoms with van der Waals surface area (Å²) in [6.45, 7) is -0.0365. The van der Waals surface area contributed by atoms with Crippen molar-refractivity contribution in [2.45, 2.75) is 12.1 Å². The third kappa shape index (κ3) is 3.07. The predicted molar refractivity (Wildman–Crippen MR) is 88.0 cm³/mol. The molecule has 0 amide bonds. The standard InChI is InChI=1S/C18H13ClF3NO4/c19-10-3-8(1-2-9(10)18(20,21)22)15-16-11(4-26-6-13(16)24)23-12-5-27-7-14(25)17(12)15/h1-3,15,23H,4-7H2. The molecule has 3 aliphatic rings. The number of ketones is 2. The minimum absolute atomic E-state index is 0.136. The molecule has 27 heavy (non-hydrogen) atoms. The molecule has 0 spiro atoms. The van der Waals surface area contributed by atoms with Gasteiger partial charge in [-0.05, 0) is 17.7 Å². The number of carbonyl (C=O) groups excluding carboxylic acids is 2. The van der Waals surface area contributed by atoms with Crippen LogP contribution in [0.5, 0.6) is 0 Å². The minimum Gasteiger partial charge on any atom is -0.367 e. The Hall–Kier alpha value is -2.16. The highest BCUT2D eigenvalue weighted by Crippen LogP contribution is 2.43. The molecule has 4 rings (SSSR count). The zero-order valence-corrected chi connectivity index (χ0v) is 14.5. The van der Waals surface area contributed by atoms with E-state index in [9.17, 15) is 22.8 Å². The first-order valence-electron chi connectivity index (χ1n) is 8.09. The van der Waals surface area contributed by atoms with Crippen LogP contribution in [0.1, 0.15) is 17.0 Å². The normalized spacial score (nSPS) is 21.2. The number of nitrogens with one attached hydrogen (secondary N) is 1. The molecule has 0 bridgehead atoms. The van der Waals surface area contributed by atoms with Crippen LogP contribution in [0.25, 0.3) is 0 Å². The van der Waals surface area contributed by atoms with Crippen LogP contribution >= 0.6 is 11.6 Å². The van der Waals surface area contributed by atoms with Crippen LogP contribution in [0.3, 0.4) is 0 Å². The second-order valence-corrected chi connectivity index (χ2v) is 6.82. The van der Waals surface area contributed by atoms with Crippen molar-refractivity contribution in [3.63, 3.8) is 0 Å². The fourth-order valence-electron chi connectivity index (χ4n) is 3.62. The number of hydrogen-bond donors (Lipinski definition) is 1. The Labute approximate surface area is 156 Å². The van der Waals surface area contributed by atoms with E-state index in [1.54, 1.807) is 0 Å². The van der Waals surface area contributed by atoms with Crippen LogP contribution in [0.4, 0.5) is 13.2 Å². The molecule has 5 nitrogen and oxygen atoms in total. The third-order valence-electron chi connectivity index (χ3n) is 4.72. The summed E-state index contributed by atoms with van der Waals surface area (Å²) in [6, 6.07) is 3.29. The minimum atomic E-state index is -4.60. The van der Waals surface area contributed by atoms with Crippen LogP contribution < -0.4 is 5.32 Å². The molecule has 0 radical (unpaired) electrons. The first-order chi connectivity index (χ1) is 12.8. The number of dihydropyridines is 1. The van der Waals surface area contributed by atoms with Gasteiger partial charge < -0.3 is 14.8 Å². The SMILES string of the molecule is O=C1COCC2=C1C(c1ccc(C(F)(F)F)c(Cl)c1)C1=C(COCC1=O)N2. The first-order valence-corrected chi connectivity index (χ1v) is 8.47. The van der Waals surface area contributed by atoms with Crippen LogP contribution in [-0.2, 0) is 25.2 Å². The van der Waals surface area contributed by atoms with Crippen molar-refractivity contribution >= 4 is 23.2 Å². The fourth-order valence-corrected chi connectivity index (χ4v) is 3.91. The third-order valence-corrected chi connectivity index (χ3v) is 5.03. The smallest absolute Gasteiger partial charge is 0.367 e. The number of Topliss-reactive ketones (excluding diaryl/α,β-unsaturated/α-hetero) is 2. The van der Waals surface area contributed by atoms with Crippen LogP contribution in [-0.4, -0.2) is 38.0 Å². The zero-order valence-electron chi connectivity index (χ0n) is 13.8. The summed E-state index contributed by atoms with van der Waals surface area (Å²) >= 11 is 5.87. The van der Waals surface area contributed by atoms with Crippen molar-refractivity contribution < 1.29 is 32.2 Å². The zero-order chi connectivity index (χ0) is 19.3. The van der Waals surface area contributed by atoms with Gasteiger partial charge in [0.1, 0.15) is 13.2 Å². The maximum atomic E-state index is 13.0. The number of carbonyl (C=O) groups is 2. The maximum Gasteiger partial charge on any atom is 0.417 e. The highest BCUT2D eigenvalue weighted by molar-refractivity contribution is 6.31. The number of halogens is 4. The van der Waals surface area contributed by atoms with Gasteiger partial charge in [-0.15, -0.1) is 0 Å². The molecule has 1 aromatic carbocycles. The largest absolute Gasteiger partial charge is 0.417 e. The number of rotatable bonds is 1. The molecule has 3 heterocycles. The summed E-state index contributed by atoms with van der Waals surface area (Å²) in [7, 11) is 0. The molecule has 142 valence electrons. The summed E-state index contributed by atoms with van der Waals surface area (Å²) in [4.78, 5) is 25.0. The topological polar surface area (TPSA) is 64.6 Å². The Bertz CT molecular complexity index is 878. The molecule has 1 aromatic rings. The summed E-state index contributed by atoms with van der Waals surface area (Å²) in [5.74, 6) is -1.45. The molecule has 3 aliphatic heterocycles. The molecule has 0 aliphatic carbocycles. The number of hydrogen-bond acceptors (Lipinski definition) is 5. The van der Waals surface area contributed by atoms with Crippen molar-refractivity contribution in [2.75, 3.05) is 26.4 Å². The second kappa shape index (κ2) is 6.47. The Morgan fingerprint density at radius 1 is 0.963 bits per heavy atom. The predicted octanol–water partition coefficient (Wildman–Crippen LogP) is 2.75. The van der Waals surface area contributed by atoms with Gasteiger partial charge in [0.15, 0.2) is 11.6 Å². The molecule has 0 saturated heterocycles. The van der Waals surface area contributed by atoms with Gasteiger partial charge in [-0.1, -0.05) is 17.7 Å². The van der Waals surface area contributed by atoms with E-state index in [1.807, 2.05) is 0 Å². The fraction of sp³-hybridized carbons (Fsp3) is 0.333. The van der Waals surface area contributed by atoms with Gasteiger partial charge >= 0.3 is 6.18 Å². The van der Waals surface area contributed by atoms with Gasteiger partial charge in [0.2, 0.25) is 0 Å². The molecular formula is C18H13ClF3NO4. The highest BCUT2D eigenvalue weighted by atomic mass is 35.5. The lowest BCUT2D eigenvalue weighted by Gasteiger charge is -2.37. The quantitative estimate of drug-likeness (QED) is 0.786. The monoisotopic (exact) mass is 399 g/mol. The highest BCUT2D eigenvalue weighted by Gasteiger charge is 2.42. The lowest BCUT2D eigenvalue weighted by molar-refractivity contribution is -0.137. The Morgan fingerprint density at radius 2 is 1.52 bits per heavy atom. The molecule has 0 aromatic heterocycles. The Kier molecular flexibility index (Phi) is 4.37. The molecule has 0 unspecified atom stereocenters. The van der Waals surface area contributed by atoms with Crippen molar-refractivity contribution in [1.29, 1.82) is 0 Å². The van der Waals surface area contributed by atoms with E-state index in [0.717, 1.165) is 6.07 Å². The maximum absolute atomic E-state index is 13.0. The van der Waals surface area contributed by atoms with Gasteiger partial charge in [-0.25, -0.2) is 0 Å². The Balaban J connectivity index is 1.88. The van der Waals surface area contributed by atoms with E-state index in [1.165, 1.54) is 12.1 Å². The molecule has 0 saturated carbocycles. The van der Waals surface area contributed by atoms with E-state index in [-0.39, 0.29) is 38.0 Å². The van der Waals surface area contributed by atoms with Crippen LogP contribution in [0.15, 0.2) is 40.7 Å². The summed E-state index contributed by atoms with van der Waals surface area (Å²) in [6.07, 6.45) is -4.60. The molecule has 0 atom stereocenters. The van der Waals surface area contributed by atoms with Crippen LogP contribution in [0, 0.1) is 0 Å². The van der Waals surface area contributed by atoms with Gasteiger partial charge in [0, 0.05) is 28.5 Å². The van der Waals surface area contributed by atoms with E-state index in [2.05, 4.69) is 5.32 Å². The molecule has 0 fully saturated rings. The van der Waals surface area contributed by atoms with E-state index >= 15 is 0 Å². The van der Waals surface area contributed by atoms with Crippen molar-refractivity contribution in [3.05, 3.63) is 56.9 Å². The second-order valence-electron chi connectivity index (χ2n) is 6.41. The lowest BCUT2D eigenvalue weighted by atomic mass is 9.76. The first kappa shape index (κ1) is 18.2.